The molecule has 0 atom stereocenters. The number of hydrogen-bond donors (Lipinski definition) is 1. The normalized spacial score (nSPS) is 10.9. The second-order valence-electron chi connectivity index (χ2n) is 5.06. The van der Waals surface area contributed by atoms with Crippen LogP contribution in [-0.4, -0.2) is 32.5 Å². The van der Waals surface area contributed by atoms with Gasteiger partial charge in [0.25, 0.3) is 11.7 Å². The molecule has 0 bridgehead atoms. The van der Waals surface area contributed by atoms with Gasteiger partial charge in [-0.25, -0.2) is 0 Å². The van der Waals surface area contributed by atoms with E-state index >= 15 is 0 Å². The summed E-state index contributed by atoms with van der Waals surface area (Å²) in [5, 5.41) is 22.7. The van der Waals surface area contributed by atoms with Crippen LogP contribution in [0.15, 0.2) is 48.5 Å². The van der Waals surface area contributed by atoms with Crippen molar-refractivity contribution in [3.05, 3.63) is 59.9 Å². The quantitative estimate of drug-likeness (QED) is 0.753. The number of amides is 1. The van der Waals surface area contributed by atoms with Crippen molar-refractivity contribution in [3.8, 4) is 17.5 Å². The molecular formula is C16H9F3N6O2. The van der Waals surface area contributed by atoms with Gasteiger partial charge in [-0.05, 0) is 41.6 Å². The van der Waals surface area contributed by atoms with E-state index in [-0.39, 0.29) is 22.8 Å². The summed E-state index contributed by atoms with van der Waals surface area (Å²) in [6, 6.07) is 13.0. The minimum absolute atomic E-state index is 0.262. The number of alkyl halides is 3. The summed E-state index contributed by atoms with van der Waals surface area (Å²) in [7, 11) is 0. The van der Waals surface area contributed by atoms with Crippen LogP contribution >= 0.6 is 0 Å². The minimum Gasteiger partial charge on any atom is -0.406 e. The van der Waals surface area contributed by atoms with Crippen molar-refractivity contribution >= 4 is 11.6 Å². The molecule has 0 spiro atoms. The Balaban J connectivity index is 1.74. The molecular weight excluding hydrogens is 365 g/mol. The number of para-hydroxylation sites is 1. The number of aromatic nitrogens is 4. The van der Waals surface area contributed by atoms with Gasteiger partial charge in [-0.2, -0.15) is 5.26 Å². The molecule has 1 heterocycles. The molecule has 0 unspecified atom stereocenters. The molecule has 0 aliphatic rings. The lowest BCUT2D eigenvalue weighted by molar-refractivity contribution is -0.274. The first-order valence-corrected chi connectivity index (χ1v) is 7.32. The number of nitrogens with one attached hydrogen (secondary N) is 1. The number of hydrogen-bond acceptors (Lipinski definition) is 6. The highest BCUT2D eigenvalue weighted by Gasteiger charge is 2.31. The number of carbonyl (C=O) groups is 1. The summed E-state index contributed by atoms with van der Waals surface area (Å²) >= 11 is 0. The molecule has 8 nitrogen and oxygen atoms in total. The van der Waals surface area contributed by atoms with Gasteiger partial charge >= 0.3 is 6.36 Å². The highest BCUT2D eigenvalue weighted by atomic mass is 19.4. The Labute approximate surface area is 149 Å². The van der Waals surface area contributed by atoms with Crippen molar-refractivity contribution < 1.29 is 22.7 Å². The standard InChI is InChI=1S/C16H9F3N6O2/c17-16(18,19)27-12-7-5-11(6-8-12)25-23-14(22-24-25)15(26)21-13-4-2-1-3-10(13)9-20/h1-8H,(H,21,26). The van der Waals surface area contributed by atoms with E-state index in [0.29, 0.717) is 0 Å². The zero-order valence-corrected chi connectivity index (χ0v) is 13.3. The number of ether oxygens (including phenoxy) is 1. The average molecular weight is 374 g/mol. The van der Waals surface area contributed by atoms with Crippen LogP contribution in [0.2, 0.25) is 0 Å². The lowest BCUT2D eigenvalue weighted by atomic mass is 10.2. The third-order valence-electron chi connectivity index (χ3n) is 3.21. The Kier molecular flexibility index (Phi) is 4.71. The highest BCUT2D eigenvalue weighted by Crippen LogP contribution is 2.23. The van der Waals surface area contributed by atoms with Gasteiger partial charge in [0.1, 0.15) is 11.8 Å². The Morgan fingerprint density at radius 3 is 2.52 bits per heavy atom. The molecule has 0 saturated heterocycles. The largest absolute Gasteiger partial charge is 0.573 e. The van der Waals surface area contributed by atoms with Crippen molar-refractivity contribution in [1.29, 1.82) is 5.26 Å². The van der Waals surface area contributed by atoms with Crippen LogP contribution in [0.4, 0.5) is 18.9 Å². The molecule has 0 aliphatic carbocycles. The Morgan fingerprint density at radius 1 is 1.15 bits per heavy atom. The second-order valence-corrected chi connectivity index (χ2v) is 5.06. The van der Waals surface area contributed by atoms with E-state index in [1.165, 1.54) is 18.2 Å². The molecule has 1 N–H and O–H groups in total. The zero-order valence-electron chi connectivity index (χ0n) is 13.3. The molecule has 27 heavy (non-hydrogen) atoms. The van der Waals surface area contributed by atoms with Crippen LogP contribution in [-0.2, 0) is 0 Å². The predicted octanol–water partition coefficient (Wildman–Crippen LogP) is 2.68. The predicted molar refractivity (Wildman–Crippen MR) is 84.9 cm³/mol. The van der Waals surface area contributed by atoms with Crippen molar-refractivity contribution in [2.75, 3.05) is 5.32 Å². The number of halogens is 3. The molecule has 0 saturated carbocycles. The Morgan fingerprint density at radius 2 is 1.85 bits per heavy atom. The number of rotatable bonds is 4. The third kappa shape index (κ3) is 4.37. The molecule has 0 aliphatic heterocycles. The monoisotopic (exact) mass is 374 g/mol. The summed E-state index contributed by atoms with van der Waals surface area (Å²) in [5.74, 6) is -1.38. The van der Waals surface area contributed by atoms with Gasteiger partial charge in [-0.1, -0.05) is 12.1 Å². The van der Waals surface area contributed by atoms with E-state index < -0.39 is 18.0 Å². The van der Waals surface area contributed by atoms with Gasteiger partial charge in [-0.3, -0.25) is 4.79 Å². The van der Waals surface area contributed by atoms with Crippen LogP contribution in [0.25, 0.3) is 5.69 Å². The second kappa shape index (κ2) is 7.12. The first-order valence-electron chi connectivity index (χ1n) is 7.32. The lowest BCUT2D eigenvalue weighted by Crippen LogP contribution is -2.17. The van der Waals surface area contributed by atoms with Gasteiger partial charge in [0, 0.05) is 0 Å². The molecule has 0 fully saturated rings. The number of tetrazole rings is 1. The molecule has 1 aromatic heterocycles. The SMILES string of the molecule is N#Cc1ccccc1NC(=O)c1nnn(-c2ccc(OC(F)(F)F)cc2)n1. The number of nitrogens with zero attached hydrogens (tertiary/aromatic N) is 5. The van der Waals surface area contributed by atoms with Gasteiger partial charge < -0.3 is 10.1 Å². The fourth-order valence-electron chi connectivity index (χ4n) is 2.06. The van der Waals surface area contributed by atoms with Crippen molar-refractivity contribution in [2.45, 2.75) is 6.36 Å². The molecule has 3 aromatic rings. The van der Waals surface area contributed by atoms with E-state index in [1.54, 1.807) is 18.2 Å². The van der Waals surface area contributed by atoms with E-state index in [4.69, 9.17) is 5.26 Å². The number of anilines is 1. The minimum atomic E-state index is -4.79. The van der Waals surface area contributed by atoms with E-state index in [0.717, 1.165) is 16.9 Å². The summed E-state index contributed by atoms with van der Waals surface area (Å²) in [6.07, 6.45) is -4.79. The smallest absolute Gasteiger partial charge is 0.406 e. The molecule has 136 valence electrons. The maximum atomic E-state index is 12.2. The summed E-state index contributed by atoms with van der Waals surface area (Å²) < 4.78 is 40.3. The average Bonchev–Trinajstić information content (AvgIpc) is 3.12. The Bertz CT molecular complexity index is 1010. The van der Waals surface area contributed by atoms with Crippen LogP contribution in [0.1, 0.15) is 16.2 Å². The lowest BCUT2D eigenvalue weighted by Gasteiger charge is -2.08. The molecule has 11 heteroatoms. The molecule has 3 rings (SSSR count). The van der Waals surface area contributed by atoms with Crippen LogP contribution in [0, 0.1) is 11.3 Å². The maximum absolute atomic E-state index is 12.2. The van der Waals surface area contributed by atoms with Crippen LogP contribution in [0.5, 0.6) is 5.75 Å². The first-order chi connectivity index (χ1) is 12.9. The van der Waals surface area contributed by atoms with E-state index in [2.05, 4.69) is 25.5 Å². The van der Waals surface area contributed by atoms with Crippen molar-refractivity contribution in [2.24, 2.45) is 0 Å². The fraction of sp³-hybridized carbons (Fsp3) is 0.0625. The number of benzene rings is 2. The number of carbonyl (C=O) groups excluding carboxylic acids is 1. The summed E-state index contributed by atoms with van der Waals surface area (Å²) in [5.41, 5.74) is 0.821. The van der Waals surface area contributed by atoms with Gasteiger partial charge in [0.05, 0.1) is 16.9 Å². The van der Waals surface area contributed by atoms with Gasteiger partial charge in [-0.15, -0.1) is 28.2 Å². The van der Waals surface area contributed by atoms with Crippen LogP contribution in [0.3, 0.4) is 0 Å². The number of nitriles is 1. The van der Waals surface area contributed by atoms with Crippen molar-refractivity contribution in [3.63, 3.8) is 0 Å². The van der Waals surface area contributed by atoms with Crippen molar-refractivity contribution in [1.82, 2.24) is 20.2 Å². The van der Waals surface area contributed by atoms with E-state index in [9.17, 15) is 18.0 Å². The van der Waals surface area contributed by atoms with E-state index in [1.807, 2.05) is 6.07 Å². The van der Waals surface area contributed by atoms with Gasteiger partial charge in [0.2, 0.25) is 0 Å². The molecule has 2 aromatic carbocycles. The Hall–Kier alpha value is -3.94. The zero-order chi connectivity index (χ0) is 19.4. The highest BCUT2D eigenvalue weighted by molar-refractivity contribution is 6.02. The topological polar surface area (TPSA) is 106 Å². The third-order valence-corrected chi connectivity index (χ3v) is 3.21. The summed E-state index contributed by atoms with van der Waals surface area (Å²) in [6.45, 7) is 0. The van der Waals surface area contributed by atoms with Crippen LogP contribution < -0.4 is 10.1 Å². The molecule has 1 amide bonds. The molecule has 0 radical (unpaired) electrons. The fourth-order valence-corrected chi connectivity index (χ4v) is 2.06. The maximum Gasteiger partial charge on any atom is 0.573 e. The van der Waals surface area contributed by atoms with Gasteiger partial charge in [0.15, 0.2) is 0 Å². The summed E-state index contributed by atoms with van der Waals surface area (Å²) in [4.78, 5) is 13.2. The first kappa shape index (κ1) is 17.9.